The van der Waals surface area contributed by atoms with Crippen LogP contribution in [-0.2, 0) is 0 Å². The molecule has 1 unspecified atom stereocenters. The molecule has 1 fully saturated rings. The Kier molecular flexibility index (Phi) is 4.23. The van der Waals surface area contributed by atoms with E-state index in [1.165, 1.54) is 30.7 Å². The van der Waals surface area contributed by atoms with Crippen LogP contribution in [0.4, 0.5) is 0 Å². The molecular weight excluding hydrogens is 232 g/mol. The summed E-state index contributed by atoms with van der Waals surface area (Å²) in [5, 5.41) is 6.40. The third-order valence-electron chi connectivity index (χ3n) is 2.61. The Morgan fingerprint density at radius 3 is 3.27 bits per heavy atom. The Morgan fingerprint density at radius 1 is 1.67 bits per heavy atom. The minimum Gasteiger partial charge on any atom is -0.470 e. The van der Waals surface area contributed by atoms with E-state index >= 15 is 0 Å². The molecule has 0 bridgehead atoms. The first kappa shape index (κ1) is 11.2. The molecule has 0 saturated carbocycles. The molecule has 84 valence electrons. The average Bonchev–Trinajstić information content (AvgIpc) is 2.66. The molecule has 1 aliphatic heterocycles. The van der Waals surface area contributed by atoms with Crippen molar-refractivity contribution in [3.05, 3.63) is 10.5 Å². The second-order valence-electron chi connectivity index (χ2n) is 3.79. The van der Waals surface area contributed by atoms with Crippen LogP contribution >= 0.6 is 22.9 Å². The number of ether oxygens (including phenoxy) is 1. The van der Waals surface area contributed by atoms with Crippen LogP contribution in [0.2, 0.25) is 5.15 Å². The Bertz CT molecular complexity index is 299. The Balaban J connectivity index is 1.65. The van der Waals surface area contributed by atoms with Crippen molar-refractivity contribution in [2.75, 3.05) is 19.7 Å². The van der Waals surface area contributed by atoms with Crippen LogP contribution in [0, 0.1) is 5.92 Å². The maximum atomic E-state index is 5.70. The van der Waals surface area contributed by atoms with Gasteiger partial charge in [0.1, 0.15) is 5.15 Å². The highest BCUT2D eigenvalue weighted by Crippen LogP contribution is 2.22. The van der Waals surface area contributed by atoms with Crippen LogP contribution in [0.15, 0.2) is 5.38 Å². The van der Waals surface area contributed by atoms with Crippen molar-refractivity contribution in [1.82, 2.24) is 10.3 Å². The molecule has 1 N–H and O–H groups in total. The normalized spacial score (nSPS) is 21.5. The summed E-state index contributed by atoms with van der Waals surface area (Å²) < 4.78 is 5.52. The zero-order valence-corrected chi connectivity index (χ0v) is 10.1. The molecule has 1 aromatic rings. The summed E-state index contributed by atoms with van der Waals surface area (Å²) in [5.41, 5.74) is 0. The number of hydrogen-bond donors (Lipinski definition) is 1. The highest BCUT2D eigenvalue weighted by molar-refractivity contribution is 7.11. The van der Waals surface area contributed by atoms with Gasteiger partial charge >= 0.3 is 0 Å². The number of rotatable bonds is 4. The van der Waals surface area contributed by atoms with Gasteiger partial charge in [-0.15, -0.1) is 0 Å². The smallest absolute Gasteiger partial charge is 0.274 e. The van der Waals surface area contributed by atoms with Crippen LogP contribution in [0.3, 0.4) is 0 Å². The predicted octanol–water partition coefficient (Wildman–Crippen LogP) is 2.56. The molecule has 1 atom stereocenters. The average molecular weight is 247 g/mol. The molecular formula is C10H15ClN2OS. The molecule has 15 heavy (non-hydrogen) atoms. The molecule has 1 aliphatic rings. The fraction of sp³-hybridized carbons (Fsp3) is 0.700. The molecule has 2 rings (SSSR count). The lowest BCUT2D eigenvalue weighted by Gasteiger charge is -2.22. The van der Waals surface area contributed by atoms with E-state index in [1.54, 1.807) is 5.38 Å². The predicted molar refractivity (Wildman–Crippen MR) is 62.8 cm³/mol. The molecule has 0 amide bonds. The fourth-order valence-electron chi connectivity index (χ4n) is 1.79. The number of nitrogens with zero attached hydrogens (tertiary/aromatic N) is 1. The van der Waals surface area contributed by atoms with Gasteiger partial charge < -0.3 is 10.1 Å². The Labute approximate surface area is 98.8 Å². The number of thiazole rings is 1. The largest absolute Gasteiger partial charge is 0.470 e. The van der Waals surface area contributed by atoms with Gasteiger partial charge in [-0.25, -0.2) is 0 Å². The molecule has 0 radical (unpaired) electrons. The van der Waals surface area contributed by atoms with Crippen LogP contribution in [0.5, 0.6) is 5.19 Å². The van der Waals surface area contributed by atoms with Crippen LogP contribution < -0.4 is 10.1 Å². The topological polar surface area (TPSA) is 34.1 Å². The maximum absolute atomic E-state index is 5.70. The van der Waals surface area contributed by atoms with Crippen molar-refractivity contribution < 1.29 is 4.74 Å². The molecule has 3 nitrogen and oxygen atoms in total. The Morgan fingerprint density at radius 2 is 2.60 bits per heavy atom. The second kappa shape index (κ2) is 5.68. The van der Waals surface area contributed by atoms with Crippen LogP contribution in [0.1, 0.15) is 19.3 Å². The van der Waals surface area contributed by atoms with E-state index in [9.17, 15) is 0 Å². The van der Waals surface area contributed by atoms with Gasteiger partial charge in [-0.1, -0.05) is 22.9 Å². The first-order valence-electron chi connectivity index (χ1n) is 5.29. The summed E-state index contributed by atoms with van der Waals surface area (Å²) in [4.78, 5) is 4.04. The number of aromatic nitrogens is 1. The van der Waals surface area contributed by atoms with Gasteiger partial charge in [0.05, 0.1) is 6.61 Å². The first-order valence-corrected chi connectivity index (χ1v) is 6.55. The van der Waals surface area contributed by atoms with E-state index in [2.05, 4.69) is 10.3 Å². The highest BCUT2D eigenvalue weighted by atomic mass is 35.5. The van der Waals surface area contributed by atoms with Crippen molar-refractivity contribution in [3.8, 4) is 5.19 Å². The van der Waals surface area contributed by atoms with E-state index in [-0.39, 0.29) is 0 Å². The molecule has 2 heterocycles. The van der Waals surface area contributed by atoms with Crippen molar-refractivity contribution in [1.29, 1.82) is 0 Å². The van der Waals surface area contributed by atoms with E-state index in [0.29, 0.717) is 10.3 Å². The number of halogens is 1. The summed E-state index contributed by atoms with van der Waals surface area (Å²) in [7, 11) is 0. The van der Waals surface area contributed by atoms with Gasteiger partial charge in [-0.2, -0.15) is 4.98 Å². The van der Waals surface area contributed by atoms with E-state index in [1.807, 2.05) is 0 Å². The second-order valence-corrected chi connectivity index (χ2v) is 4.99. The molecule has 1 aromatic heterocycles. The monoisotopic (exact) mass is 246 g/mol. The van der Waals surface area contributed by atoms with Gasteiger partial charge in [0.2, 0.25) is 0 Å². The number of hydrogen-bond acceptors (Lipinski definition) is 4. The van der Waals surface area contributed by atoms with Crippen molar-refractivity contribution in [2.45, 2.75) is 19.3 Å². The lowest BCUT2D eigenvalue weighted by molar-refractivity contribution is 0.253. The zero-order valence-electron chi connectivity index (χ0n) is 8.54. The standard InChI is InChI=1S/C10H15ClN2OS/c11-9-7-15-10(13-9)14-5-3-8-2-1-4-12-6-8/h7-8,12H,1-6H2. The van der Waals surface area contributed by atoms with E-state index in [0.717, 1.165) is 25.5 Å². The SMILES string of the molecule is Clc1csc(OCCC2CCCNC2)n1. The molecule has 0 aromatic carbocycles. The minimum absolute atomic E-state index is 0.523. The van der Waals surface area contributed by atoms with Crippen molar-refractivity contribution >= 4 is 22.9 Å². The lowest BCUT2D eigenvalue weighted by atomic mass is 9.97. The molecule has 0 spiro atoms. The number of nitrogens with one attached hydrogen (secondary N) is 1. The van der Waals surface area contributed by atoms with Crippen molar-refractivity contribution in [2.24, 2.45) is 5.92 Å². The summed E-state index contributed by atoms with van der Waals surface area (Å²) in [5.74, 6) is 0.759. The molecule has 1 saturated heterocycles. The number of piperidine rings is 1. The van der Waals surface area contributed by atoms with Gasteiger partial charge in [-0.05, 0) is 38.3 Å². The summed E-state index contributed by atoms with van der Waals surface area (Å²) in [6, 6.07) is 0. The fourth-order valence-corrected chi connectivity index (χ4v) is 2.60. The van der Waals surface area contributed by atoms with E-state index < -0.39 is 0 Å². The molecule has 5 heteroatoms. The maximum Gasteiger partial charge on any atom is 0.274 e. The van der Waals surface area contributed by atoms with Gasteiger partial charge in [0, 0.05) is 5.38 Å². The summed E-state index contributed by atoms with van der Waals surface area (Å²) >= 11 is 7.15. The van der Waals surface area contributed by atoms with Crippen LogP contribution in [0.25, 0.3) is 0 Å². The summed E-state index contributed by atoms with van der Waals surface area (Å²) in [6.45, 7) is 3.04. The third kappa shape index (κ3) is 3.63. The highest BCUT2D eigenvalue weighted by Gasteiger charge is 2.12. The third-order valence-corrected chi connectivity index (χ3v) is 3.68. The summed E-state index contributed by atoms with van der Waals surface area (Å²) in [6.07, 6.45) is 3.70. The Hall–Kier alpha value is -0.320. The lowest BCUT2D eigenvalue weighted by Crippen LogP contribution is -2.30. The zero-order chi connectivity index (χ0) is 10.5. The van der Waals surface area contributed by atoms with Crippen molar-refractivity contribution in [3.63, 3.8) is 0 Å². The van der Waals surface area contributed by atoms with Gasteiger partial charge in [-0.3, -0.25) is 0 Å². The van der Waals surface area contributed by atoms with Crippen LogP contribution in [-0.4, -0.2) is 24.7 Å². The first-order chi connectivity index (χ1) is 7.34. The van der Waals surface area contributed by atoms with Gasteiger partial charge in [0.15, 0.2) is 0 Å². The van der Waals surface area contributed by atoms with Gasteiger partial charge in [0.25, 0.3) is 5.19 Å². The minimum atomic E-state index is 0.523. The molecule has 0 aliphatic carbocycles. The van der Waals surface area contributed by atoms with E-state index in [4.69, 9.17) is 16.3 Å². The quantitative estimate of drug-likeness (QED) is 0.887.